The van der Waals surface area contributed by atoms with Gasteiger partial charge in [0, 0.05) is 19.2 Å². The Hall–Kier alpha value is -0.870. The highest BCUT2D eigenvalue weighted by Crippen LogP contribution is 2.08. The Morgan fingerprint density at radius 2 is 1.71 bits per heavy atom. The highest BCUT2D eigenvalue weighted by Gasteiger charge is 2.12. The van der Waals surface area contributed by atoms with E-state index in [2.05, 4.69) is 18.7 Å². The van der Waals surface area contributed by atoms with Crippen molar-refractivity contribution < 1.29 is 14.6 Å². The van der Waals surface area contributed by atoms with Gasteiger partial charge >= 0.3 is 5.97 Å². The van der Waals surface area contributed by atoms with Gasteiger partial charge in [-0.15, -0.1) is 0 Å². The molecule has 1 N–H and O–H groups in total. The average Bonchev–Trinajstić information content (AvgIpc) is 2.55. The molecular formula is C20H39NO3. The van der Waals surface area contributed by atoms with Crippen molar-refractivity contribution >= 4 is 5.97 Å². The van der Waals surface area contributed by atoms with Gasteiger partial charge in [-0.3, -0.25) is 4.90 Å². The number of aliphatic hydroxyl groups excluding tert-OH is 1. The predicted molar refractivity (Wildman–Crippen MR) is 101 cm³/mol. The largest absolute Gasteiger partial charge is 0.461 e. The van der Waals surface area contributed by atoms with Crippen LogP contribution >= 0.6 is 0 Å². The molecule has 24 heavy (non-hydrogen) atoms. The Morgan fingerprint density at radius 1 is 1.04 bits per heavy atom. The van der Waals surface area contributed by atoms with Crippen molar-refractivity contribution in [3.8, 4) is 0 Å². The van der Waals surface area contributed by atoms with Crippen LogP contribution in [0.2, 0.25) is 0 Å². The summed E-state index contributed by atoms with van der Waals surface area (Å²) in [7, 11) is 0. The molecule has 0 aliphatic heterocycles. The molecule has 142 valence electrons. The van der Waals surface area contributed by atoms with Crippen LogP contribution in [0.15, 0.2) is 12.2 Å². The minimum absolute atomic E-state index is 0.279. The van der Waals surface area contributed by atoms with Crippen LogP contribution in [0.5, 0.6) is 0 Å². The quantitative estimate of drug-likeness (QED) is 0.258. The van der Waals surface area contributed by atoms with Gasteiger partial charge in [0.25, 0.3) is 0 Å². The molecule has 0 aliphatic carbocycles. The van der Waals surface area contributed by atoms with Gasteiger partial charge in [-0.2, -0.15) is 0 Å². The fraction of sp³-hybridized carbons (Fsp3) is 0.850. The van der Waals surface area contributed by atoms with Gasteiger partial charge in [0.2, 0.25) is 0 Å². The maximum absolute atomic E-state index is 11.4. The van der Waals surface area contributed by atoms with Gasteiger partial charge in [0.05, 0.1) is 6.10 Å². The van der Waals surface area contributed by atoms with Crippen LogP contribution < -0.4 is 0 Å². The molecule has 0 amide bonds. The zero-order valence-electron chi connectivity index (χ0n) is 16.1. The monoisotopic (exact) mass is 341 g/mol. The first-order valence-electron chi connectivity index (χ1n) is 9.83. The first kappa shape index (κ1) is 23.1. The van der Waals surface area contributed by atoms with Crippen LogP contribution in [0.4, 0.5) is 0 Å². The second-order valence-electron chi connectivity index (χ2n) is 6.53. The van der Waals surface area contributed by atoms with Gasteiger partial charge < -0.3 is 9.84 Å². The van der Waals surface area contributed by atoms with Crippen molar-refractivity contribution in [1.82, 2.24) is 4.90 Å². The number of carbonyl (C=O) groups excluding carboxylic acids is 1. The third kappa shape index (κ3) is 14.7. The number of nitrogens with zero attached hydrogens (tertiary/aromatic N) is 1. The summed E-state index contributed by atoms with van der Waals surface area (Å²) in [6.07, 6.45) is 13.3. The molecule has 4 nitrogen and oxygen atoms in total. The fourth-order valence-corrected chi connectivity index (χ4v) is 2.71. The topological polar surface area (TPSA) is 49.8 Å². The Bertz CT molecular complexity index is 318. The Balaban J connectivity index is 4.13. The van der Waals surface area contributed by atoms with E-state index >= 15 is 0 Å². The second kappa shape index (κ2) is 17.0. The summed E-state index contributed by atoms with van der Waals surface area (Å²) in [4.78, 5) is 13.6. The molecule has 0 rings (SSSR count). The van der Waals surface area contributed by atoms with E-state index in [9.17, 15) is 9.90 Å². The molecule has 0 bridgehead atoms. The number of allylic oxidation sites excluding steroid dienone is 1. The van der Waals surface area contributed by atoms with Gasteiger partial charge in [-0.1, -0.05) is 64.9 Å². The molecule has 4 heteroatoms. The third-order valence-electron chi connectivity index (χ3n) is 4.14. The highest BCUT2D eigenvalue weighted by molar-refractivity contribution is 5.81. The zero-order chi connectivity index (χ0) is 18.0. The van der Waals surface area contributed by atoms with E-state index < -0.39 is 0 Å². The van der Waals surface area contributed by atoms with Crippen LogP contribution in [0, 0.1) is 0 Å². The maximum Gasteiger partial charge on any atom is 0.330 e. The standard InChI is InChI=1S/C20H39NO3/c1-4-7-9-10-12-15-21(16-17-24-20(23)13-6-3)18-19(22)14-11-8-5-2/h6,13,19,22H,4-5,7-12,14-18H2,1-3H3/b13-6+. The van der Waals surface area contributed by atoms with Gasteiger partial charge in [-0.25, -0.2) is 4.79 Å². The zero-order valence-corrected chi connectivity index (χ0v) is 16.1. The van der Waals surface area contributed by atoms with Crippen molar-refractivity contribution in [3.63, 3.8) is 0 Å². The van der Waals surface area contributed by atoms with E-state index in [1.54, 1.807) is 13.0 Å². The molecule has 0 aliphatic rings. The Kier molecular flexibility index (Phi) is 16.4. The number of hydrogen-bond donors (Lipinski definition) is 1. The van der Waals surface area contributed by atoms with Crippen LogP contribution in [0.1, 0.15) is 78.6 Å². The number of unbranched alkanes of at least 4 members (excludes halogenated alkanes) is 6. The summed E-state index contributed by atoms with van der Waals surface area (Å²) in [5.41, 5.74) is 0. The van der Waals surface area contributed by atoms with E-state index in [-0.39, 0.29) is 12.1 Å². The SMILES string of the molecule is C/C=C/C(=O)OCCN(CCCCCCC)CC(O)CCCCC. The smallest absolute Gasteiger partial charge is 0.330 e. The van der Waals surface area contributed by atoms with E-state index in [4.69, 9.17) is 4.74 Å². The highest BCUT2D eigenvalue weighted by atomic mass is 16.5. The lowest BCUT2D eigenvalue weighted by atomic mass is 10.1. The number of aliphatic hydroxyl groups is 1. The molecule has 0 radical (unpaired) electrons. The number of ether oxygens (including phenoxy) is 1. The number of carbonyl (C=O) groups is 1. The fourth-order valence-electron chi connectivity index (χ4n) is 2.71. The molecule has 0 saturated carbocycles. The summed E-state index contributed by atoms with van der Waals surface area (Å²) in [5.74, 6) is -0.288. The molecule has 0 aromatic carbocycles. The number of hydrogen-bond acceptors (Lipinski definition) is 4. The Morgan fingerprint density at radius 3 is 2.38 bits per heavy atom. The van der Waals surface area contributed by atoms with Gasteiger partial charge in [0.1, 0.15) is 6.61 Å². The van der Waals surface area contributed by atoms with Gasteiger partial charge in [-0.05, 0) is 26.3 Å². The van der Waals surface area contributed by atoms with E-state index in [1.807, 2.05) is 0 Å². The van der Waals surface area contributed by atoms with Crippen molar-refractivity contribution in [1.29, 1.82) is 0 Å². The molecule has 0 aromatic heterocycles. The molecule has 1 atom stereocenters. The first-order valence-corrected chi connectivity index (χ1v) is 9.83. The van der Waals surface area contributed by atoms with E-state index in [0.717, 1.165) is 25.8 Å². The molecule has 1 unspecified atom stereocenters. The maximum atomic E-state index is 11.4. The van der Waals surface area contributed by atoms with Crippen LogP contribution in [0.3, 0.4) is 0 Å². The minimum Gasteiger partial charge on any atom is -0.461 e. The van der Waals surface area contributed by atoms with E-state index in [1.165, 1.54) is 44.6 Å². The van der Waals surface area contributed by atoms with Crippen molar-refractivity contribution in [3.05, 3.63) is 12.2 Å². The van der Waals surface area contributed by atoms with Gasteiger partial charge in [0.15, 0.2) is 0 Å². The third-order valence-corrected chi connectivity index (χ3v) is 4.14. The molecule has 0 spiro atoms. The molecule has 0 fully saturated rings. The van der Waals surface area contributed by atoms with E-state index in [0.29, 0.717) is 19.7 Å². The first-order chi connectivity index (χ1) is 11.6. The number of esters is 1. The molecule has 0 saturated heterocycles. The summed E-state index contributed by atoms with van der Waals surface area (Å²) in [6, 6.07) is 0. The second-order valence-corrected chi connectivity index (χ2v) is 6.53. The lowest BCUT2D eigenvalue weighted by Gasteiger charge is -2.25. The van der Waals surface area contributed by atoms with Crippen LogP contribution in [0.25, 0.3) is 0 Å². The summed E-state index contributed by atoms with van der Waals surface area (Å²) in [6.45, 7) is 8.93. The van der Waals surface area contributed by atoms with Crippen molar-refractivity contribution in [2.45, 2.75) is 84.7 Å². The van der Waals surface area contributed by atoms with Crippen LogP contribution in [-0.2, 0) is 9.53 Å². The normalized spacial score (nSPS) is 12.9. The van der Waals surface area contributed by atoms with Crippen molar-refractivity contribution in [2.75, 3.05) is 26.2 Å². The molecule has 0 aromatic rings. The summed E-state index contributed by atoms with van der Waals surface area (Å²) >= 11 is 0. The van der Waals surface area contributed by atoms with Crippen molar-refractivity contribution in [2.24, 2.45) is 0 Å². The lowest BCUT2D eigenvalue weighted by molar-refractivity contribution is -0.138. The molecule has 0 heterocycles. The minimum atomic E-state index is -0.288. The summed E-state index contributed by atoms with van der Waals surface area (Å²) < 4.78 is 5.19. The lowest BCUT2D eigenvalue weighted by Crippen LogP contribution is -2.36. The molecular weight excluding hydrogens is 302 g/mol. The average molecular weight is 342 g/mol. The summed E-state index contributed by atoms with van der Waals surface area (Å²) in [5, 5.41) is 10.2. The Labute approximate surface area is 149 Å². The van der Waals surface area contributed by atoms with Crippen LogP contribution in [-0.4, -0.2) is 48.3 Å². The number of rotatable bonds is 16. The predicted octanol–water partition coefficient (Wildman–Crippen LogP) is 4.32.